The summed E-state index contributed by atoms with van der Waals surface area (Å²) < 4.78 is 0. The van der Waals surface area contributed by atoms with Gasteiger partial charge in [0.15, 0.2) is 0 Å². The van der Waals surface area contributed by atoms with Crippen molar-refractivity contribution in [2.45, 2.75) is 65.0 Å². The molecule has 0 radical (unpaired) electrons. The molecule has 0 aromatic heterocycles. The van der Waals surface area contributed by atoms with Gasteiger partial charge >= 0.3 is 0 Å². The molecule has 1 fully saturated rings. The smallest absolute Gasteiger partial charge is 0.239 e. The van der Waals surface area contributed by atoms with Crippen molar-refractivity contribution in [3.63, 3.8) is 0 Å². The molecular formula is C13H26N2O. The van der Waals surface area contributed by atoms with Gasteiger partial charge in [0.1, 0.15) is 0 Å². The highest BCUT2D eigenvalue weighted by molar-refractivity contribution is 5.82. The van der Waals surface area contributed by atoms with E-state index in [0.29, 0.717) is 12.0 Å². The van der Waals surface area contributed by atoms with Crippen LogP contribution in [0.5, 0.6) is 0 Å². The third-order valence-electron chi connectivity index (χ3n) is 3.07. The molecule has 0 aromatic rings. The second kappa shape index (κ2) is 6.24. The zero-order valence-electron chi connectivity index (χ0n) is 10.9. The average molecular weight is 226 g/mol. The van der Waals surface area contributed by atoms with E-state index in [1.54, 1.807) is 0 Å². The van der Waals surface area contributed by atoms with Crippen LogP contribution in [0.4, 0.5) is 0 Å². The number of hydrogen-bond donors (Lipinski definition) is 1. The Hall–Kier alpha value is -0.570. The Bertz CT molecular complexity index is 224. The van der Waals surface area contributed by atoms with Crippen molar-refractivity contribution in [1.29, 1.82) is 0 Å². The molecule has 3 nitrogen and oxygen atoms in total. The van der Waals surface area contributed by atoms with Gasteiger partial charge in [0.2, 0.25) is 5.91 Å². The van der Waals surface area contributed by atoms with Crippen molar-refractivity contribution in [1.82, 2.24) is 4.90 Å². The van der Waals surface area contributed by atoms with Gasteiger partial charge in [-0.3, -0.25) is 4.79 Å². The first-order chi connectivity index (χ1) is 7.56. The third kappa shape index (κ3) is 4.12. The molecule has 1 atom stereocenters. The minimum absolute atomic E-state index is 0.171. The number of nitrogens with zero attached hydrogens (tertiary/aromatic N) is 1. The van der Waals surface area contributed by atoms with Gasteiger partial charge in [-0.2, -0.15) is 0 Å². The number of hydrogen-bond acceptors (Lipinski definition) is 2. The maximum absolute atomic E-state index is 12.2. The number of rotatable bonds is 7. The summed E-state index contributed by atoms with van der Waals surface area (Å²) in [5, 5.41) is 0. The summed E-state index contributed by atoms with van der Waals surface area (Å²) in [6, 6.07) is 0.203. The first-order valence-electron chi connectivity index (χ1n) is 6.62. The van der Waals surface area contributed by atoms with E-state index >= 15 is 0 Å². The Balaban J connectivity index is 2.45. The Labute approximate surface area is 99.4 Å². The van der Waals surface area contributed by atoms with E-state index in [9.17, 15) is 4.79 Å². The lowest BCUT2D eigenvalue weighted by atomic mass is 10.0. The third-order valence-corrected chi connectivity index (χ3v) is 3.07. The first kappa shape index (κ1) is 13.5. The Kier molecular flexibility index (Phi) is 5.26. The van der Waals surface area contributed by atoms with Crippen molar-refractivity contribution in [3.05, 3.63) is 0 Å². The van der Waals surface area contributed by atoms with E-state index in [0.717, 1.165) is 25.8 Å². The first-order valence-corrected chi connectivity index (χ1v) is 6.62. The van der Waals surface area contributed by atoms with Crippen LogP contribution < -0.4 is 5.73 Å². The average Bonchev–Trinajstić information content (AvgIpc) is 3.01. The van der Waals surface area contributed by atoms with Crippen LogP contribution in [0.25, 0.3) is 0 Å². The van der Waals surface area contributed by atoms with Crippen molar-refractivity contribution in [2.24, 2.45) is 11.7 Å². The predicted molar refractivity (Wildman–Crippen MR) is 67.1 cm³/mol. The monoisotopic (exact) mass is 226 g/mol. The molecule has 0 aromatic carbocycles. The predicted octanol–water partition coefficient (Wildman–Crippen LogP) is 2.15. The summed E-state index contributed by atoms with van der Waals surface area (Å²) in [6.45, 7) is 7.27. The Morgan fingerprint density at radius 3 is 2.50 bits per heavy atom. The minimum atomic E-state index is -0.294. The van der Waals surface area contributed by atoms with Gasteiger partial charge in [-0.1, -0.05) is 27.2 Å². The van der Waals surface area contributed by atoms with E-state index < -0.39 is 0 Å². The van der Waals surface area contributed by atoms with E-state index in [1.807, 2.05) is 4.90 Å². The highest BCUT2D eigenvalue weighted by atomic mass is 16.2. The molecule has 1 aliphatic rings. The highest BCUT2D eigenvalue weighted by Gasteiger charge is 2.34. The molecule has 1 amide bonds. The van der Waals surface area contributed by atoms with Gasteiger partial charge in [-0.05, 0) is 31.6 Å². The lowest BCUT2D eigenvalue weighted by molar-refractivity contribution is -0.133. The standard InChI is InChI=1S/C13H26N2O/c1-4-5-8-15(11-6-7-11)13(16)12(14)9-10(2)3/h10-12H,4-9,14H2,1-3H3/t12-/m1/s1. The molecule has 1 rings (SSSR count). The van der Waals surface area contributed by atoms with Crippen LogP contribution in [-0.2, 0) is 4.79 Å². The van der Waals surface area contributed by atoms with Crippen LogP contribution in [0.2, 0.25) is 0 Å². The van der Waals surface area contributed by atoms with Crippen LogP contribution >= 0.6 is 0 Å². The van der Waals surface area contributed by atoms with Gasteiger partial charge in [-0.25, -0.2) is 0 Å². The molecule has 1 saturated carbocycles. The molecule has 1 aliphatic carbocycles. The van der Waals surface area contributed by atoms with Gasteiger partial charge in [0.25, 0.3) is 0 Å². The molecule has 0 saturated heterocycles. The Morgan fingerprint density at radius 1 is 1.44 bits per heavy atom. The summed E-state index contributed by atoms with van der Waals surface area (Å²) >= 11 is 0. The summed E-state index contributed by atoms with van der Waals surface area (Å²) in [4.78, 5) is 14.2. The molecule has 0 unspecified atom stereocenters. The van der Waals surface area contributed by atoms with Crippen molar-refractivity contribution >= 4 is 5.91 Å². The molecule has 94 valence electrons. The fraction of sp³-hybridized carbons (Fsp3) is 0.923. The van der Waals surface area contributed by atoms with Crippen LogP contribution in [-0.4, -0.2) is 29.4 Å². The van der Waals surface area contributed by atoms with E-state index in [4.69, 9.17) is 5.73 Å². The molecule has 0 heterocycles. The largest absolute Gasteiger partial charge is 0.338 e. The van der Waals surface area contributed by atoms with Crippen molar-refractivity contribution in [3.8, 4) is 0 Å². The lowest BCUT2D eigenvalue weighted by Gasteiger charge is -2.26. The molecule has 3 heteroatoms. The fourth-order valence-electron chi connectivity index (χ4n) is 2.01. The molecular weight excluding hydrogens is 200 g/mol. The molecule has 2 N–H and O–H groups in total. The van der Waals surface area contributed by atoms with Crippen LogP contribution in [0, 0.1) is 5.92 Å². The minimum Gasteiger partial charge on any atom is -0.338 e. The summed E-state index contributed by atoms with van der Waals surface area (Å²) in [5.41, 5.74) is 5.97. The summed E-state index contributed by atoms with van der Waals surface area (Å²) in [5.74, 6) is 0.663. The SMILES string of the molecule is CCCCN(C(=O)[C@H](N)CC(C)C)C1CC1. The molecule has 0 bridgehead atoms. The Morgan fingerprint density at radius 2 is 2.06 bits per heavy atom. The maximum atomic E-state index is 12.2. The topological polar surface area (TPSA) is 46.3 Å². The van der Waals surface area contributed by atoms with Gasteiger partial charge in [0, 0.05) is 12.6 Å². The maximum Gasteiger partial charge on any atom is 0.239 e. The van der Waals surface area contributed by atoms with Crippen LogP contribution in [0.3, 0.4) is 0 Å². The van der Waals surface area contributed by atoms with Crippen LogP contribution in [0.1, 0.15) is 52.9 Å². The fourth-order valence-corrected chi connectivity index (χ4v) is 2.01. The number of carbonyl (C=O) groups is 1. The van der Waals surface area contributed by atoms with Crippen molar-refractivity contribution in [2.75, 3.05) is 6.54 Å². The van der Waals surface area contributed by atoms with Crippen molar-refractivity contribution < 1.29 is 4.79 Å². The van der Waals surface area contributed by atoms with Gasteiger partial charge < -0.3 is 10.6 Å². The number of unbranched alkanes of at least 4 members (excludes halogenated alkanes) is 1. The van der Waals surface area contributed by atoms with E-state index in [-0.39, 0.29) is 11.9 Å². The number of nitrogens with two attached hydrogens (primary N) is 1. The zero-order chi connectivity index (χ0) is 12.1. The lowest BCUT2D eigenvalue weighted by Crippen LogP contribution is -2.45. The second-order valence-corrected chi connectivity index (χ2v) is 5.35. The quantitative estimate of drug-likeness (QED) is 0.723. The number of amides is 1. The van der Waals surface area contributed by atoms with Gasteiger partial charge in [-0.15, -0.1) is 0 Å². The zero-order valence-corrected chi connectivity index (χ0v) is 10.9. The molecule has 0 spiro atoms. The van der Waals surface area contributed by atoms with Gasteiger partial charge in [0.05, 0.1) is 6.04 Å². The highest BCUT2D eigenvalue weighted by Crippen LogP contribution is 2.28. The van der Waals surface area contributed by atoms with E-state index in [2.05, 4.69) is 20.8 Å². The molecule has 16 heavy (non-hydrogen) atoms. The summed E-state index contributed by atoms with van der Waals surface area (Å²) in [6.07, 6.45) is 5.37. The molecule has 0 aliphatic heterocycles. The normalized spacial score (nSPS) is 17.6. The van der Waals surface area contributed by atoms with E-state index in [1.165, 1.54) is 12.8 Å². The summed E-state index contributed by atoms with van der Waals surface area (Å²) in [7, 11) is 0. The second-order valence-electron chi connectivity index (χ2n) is 5.35. The number of carbonyl (C=O) groups excluding carboxylic acids is 1. The van der Waals surface area contributed by atoms with Crippen LogP contribution in [0.15, 0.2) is 0 Å².